The minimum Gasteiger partial charge on any atom is -0.455 e. The quantitative estimate of drug-likeness (QED) is 0.168. The van der Waals surface area contributed by atoms with E-state index >= 15 is 0 Å². The number of aromatic nitrogens is 3. The van der Waals surface area contributed by atoms with Gasteiger partial charge in [-0.1, -0.05) is 164 Å². The third-order valence-corrected chi connectivity index (χ3v) is 10.7. The van der Waals surface area contributed by atoms with Crippen molar-refractivity contribution in [3.63, 3.8) is 0 Å². The summed E-state index contributed by atoms with van der Waals surface area (Å²) in [5.41, 5.74) is 8.82. The molecular weight excluding hydrogens is 671 g/mol. The fourth-order valence-corrected chi connectivity index (χ4v) is 8.03. The number of rotatable bonds is 5. The first-order valence-electron chi connectivity index (χ1n) is 18.5. The molecule has 11 aromatic rings. The molecule has 0 fully saturated rings. The molecule has 256 valence electrons. The van der Waals surface area contributed by atoms with E-state index in [-0.39, 0.29) is 0 Å². The zero-order chi connectivity index (χ0) is 36.3. The Balaban J connectivity index is 1.05. The molecule has 2 aromatic heterocycles. The summed E-state index contributed by atoms with van der Waals surface area (Å²) in [4.78, 5) is 15.1. The molecule has 0 saturated heterocycles. The predicted molar refractivity (Wildman–Crippen MR) is 227 cm³/mol. The lowest BCUT2D eigenvalue weighted by Gasteiger charge is -2.12. The summed E-state index contributed by atoms with van der Waals surface area (Å²) in [6, 6.07) is 65.8. The van der Waals surface area contributed by atoms with E-state index in [2.05, 4.69) is 146 Å². The van der Waals surface area contributed by atoms with Crippen LogP contribution in [0.25, 0.3) is 111 Å². The van der Waals surface area contributed by atoms with Crippen LogP contribution >= 0.6 is 0 Å². The van der Waals surface area contributed by atoms with E-state index in [0.29, 0.717) is 17.5 Å². The fraction of sp³-hybridized carbons (Fsp3) is 0. The van der Waals surface area contributed by atoms with Gasteiger partial charge in [0.1, 0.15) is 11.2 Å². The number of furan rings is 1. The molecule has 0 atom stereocenters. The predicted octanol–water partition coefficient (Wildman–Crippen LogP) is 13.6. The molecule has 55 heavy (non-hydrogen) atoms. The summed E-state index contributed by atoms with van der Waals surface area (Å²) in [5, 5.41) is 9.66. The normalized spacial score (nSPS) is 11.6. The Kier molecular flexibility index (Phi) is 7.14. The lowest BCUT2D eigenvalue weighted by Crippen LogP contribution is -2.00. The van der Waals surface area contributed by atoms with Gasteiger partial charge in [0.25, 0.3) is 0 Å². The second-order valence-corrected chi connectivity index (χ2v) is 14.0. The lowest BCUT2D eigenvalue weighted by atomic mass is 9.92. The number of nitrogens with zero attached hydrogens (tertiary/aromatic N) is 3. The van der Waals surface area contributed by atoms with Crippen molar-refractivity contribution in [1.82, 2.24) is 15.0 Å². The third-order valence-electron chi connectivity index (χ3n) is 10.7. The Morgan fingerprint density at radius 1 is 0.273 bits per heavy atom. The molecule has 0 unspecified atom stereocenters. The SMILES string of the molecule is c1ccc(-c2ccc(-c3nc(-c4ccccc4)nc(-c4cccc5c4oc4ccc(-c6ccc7c8ccccc8c8ccccc8c7c6)cc45)n3)cc2)cc1. The monoisotopic (exact) mass is 701 g/mol. The molecule has 0 radical (unpaired) electrons. The van der Waals surface area contributed by atoms with Crippen molar-refractivity contribution >= 4 is 54.3 Å². The molecule has 0 N–H and O–H groups in total. The molecule has 0 aliphatic rings. The fourth-order valence-electron chi connectivity index (χ4n) is 8.03. The molecule has 0 amide bonds. The van der Waals surface area contributed by atoms with E-state index in [1.165, 1.54) is 32.3 Å². The van der Waals surface area contributed by atoms with Crippen LogP contribution in [0.5, 0.6) is 0 Å². The molecule has 0 saturated carbocycles. The van der Waals surface area contributed by atoms with Gasteiger partial charge in [-0.25, -0.2) is 15.0 Å². The summed E-state index contributed by atoms with van der Waals surface area (Å²) in [5.74, 6) is 1.78. The van der Waals surface area contributed by atoms with Crippen LogP contribution < -0.4 is 0 Å². The number of benzene rings is 9. The summed E-state index contributed by atoms with van der Waals surface area (Å²) < 4.78 is 6.66. The Morgan fingerprint density at radius 2 is 0.709 bits per heavy atom. The molecular formula is C51H31N3O. The van der Waals surface area contributed by atoms with Gasteiger partial charge >= 0.3 is 0 Å². The van der Waals surface area contributed by atoms with E-state index in [1.54, 1.807) is 0 Å². The van der Waals surface area contributed by atoms with Gasteiger partial charge in [0.15, 0.2) is 17.5 Å². The molecule has 4 nitrogen and oxygen atoms in total. The van der Waals surface area contributed by atoms with Gasteiger partial charge in [0.05, 0.1) is 5.56 Å². The number of hydrogen-bond donors (Lipinski definition) is 0. The first kappa shape index (κ1) is 31.1. The average molecular weight is 702 g/mol. The molecule has 0 bridgehead atoms. The van der Waals surface area contributed by atoms with Gasteiger partial charge in [-0.2, -0.15) is 0 Å². The summed E-state index contributed by atoms with van der Waals surface area (Å²) in [6.45, 7) is 0. The first-order chi connectivity index (χ1) is 27.2. The second-order valence-electron chi connectivity index (χ2n) is 14.0. The van der Waals surface area contributed by atoms with Crippen molar-refractivity contribution in [3.05, 3.63) is 188 Å². The largest absolute Gasteiger partial charge is 0.455 e. The van der Waals surface area contributed by atoms with Crippen molar-refractivity contribution in [3.8, 4) is 56.4 Å². The summed E-state index contributed by atoms with van der Waals surface area (Å²) in [6.07, 6.45) is 0. The smallest absolute Gasteiger partial charge is 0.167 e. The van der Waals surface area contributed by atoms with Gasteiger partial charge in [-0.15, -0.1) is 0 Å². The highest BCUT2D eigenvalue weighted by Crippen LogP contribution is 2.40. The molecule has 9 aromatic carbocycles. The van der Waals surface area contributed by atoms with Crippen molar-refractivity contribution in [2.24, 2.45) is 0 Å². The average Bonchev–Trinajstić information content (AvgIpc) is 3.65. The van der Waals surface area contributed by atoms with Gasteiger partial charge in [0, 0.05) is 21.9 Å². The van der Waals surface area contributed by atoms with Crippen LogP contribution in [0.15, 0.2) is 192 Å². The van der Waals surface area contributed by atoms with E-state index in [0.717, 1.165) is 60.9 Å². The summed E-state index contributed by atoms with van der Waals surface area (Å²) in [7, 11) is 0. The van der Waals surface area contributed by atoms with Crippen LogP contribution in [-0.4, -0.2) is 15.0 Å². The van der Waals surface area contributed by atoms with Crippen LogP contribution in [0, 0.1) is 0 Å². The standard InChI is InChI=1S/C51H31N3O/c1-3-12-32(13-4-1)33-22-24-35(25-23-33)50-52-49(34-14-5-2-6-15-34)53-51(54-50)44-21-11-20-43-46-31-37(27-29-47(46)55-48(43)44)36-26-28-42-40-18-8-7-16-38(40)39-17-9-10-19-41(39)45(42)30-36/h1-31H. The van der Waals surface area contributed by atoms with Gasteiger partial charge in [-0.05, 0) is 78.8 Å². The minimum absolute atomic E-state index is 0.564. The molecule has 0 aliphatic heterocycles. The highest BCUT2D eigenvalue weighted by Gasteiger charge is 2.19. The number of para-hydroxylation sites is 1. The van der Waals surface area contributed by atoms with E-state index < -0.39 is 0 Å². The molecule has 4 heteroatoms. The molecule has 0 aliphatic carbocycles. The lowest BCUT2D eigenvalue weighted by molar-refractivity contribution is 0.669. The maximum absolute atomic E-state index is 6.66. The van der Waals surface area contributed by atoms with Crippen molar-refractivity contribution in [2.75, 3.05) is 0 Å². The number of fused-ring (bicyclic) bond motifs is 9. The van der Waals surface area contributed by atoms with Crippen molar-refractivity contribution in [2.45, 2.75) is 0 Å². The van der Waals surface area contributed by atoms with Crippen LogP contribution in [0.1, 0.15) is 0 Å². The van der Waals surface area contributed by atoms with Crippen LogP contribution in [-0.2, 0) is 0 Å². The summed E-state index contributed by atoms with van der Waals surface area (Å²) >= 11 is 0. The maximum atomic E-state index is 6.66. The Labute approximate surface area is 317 Å². The van der Waals surface area contributed by atoms with Gasteiger partial charge < -0.3 is 4.42 Å². The van der Waals surface area contributed by atoms with Gasteiger partial charge in [0.2, 0.25) is 0 Å². The Morgan fingerprint density at radius 3 is 1.36 bits per heavy atom. The minimum atomic E-state index is 0.564. The first-order valence-corrected chi connectivity index (χ1v) is 18.5. The zero-order valence-electron chi connectivity index (χ0n) is 29.6. The van der Waals surface area contributed by atoms with Crippen molar-refractivity contribution in [1.29, 1.82) is 0 Å². The molecule has 11 rings (SSSR count). The number of hydrogen-bond acceptors (Lipinski definition) is 4. The Hall–Kier alpha value is -7.43. The van der Waals surface area contributed by atoms with E-state index in [1.807, 2.05) is 42.5 Å². The topological polar surface area (TPSA) is 51.8 Å². The maximum Gasteiger partial charge on any atom is 0.167 e. The van der Waals surface area contributed by atoms with E-state index in [9.17, 15) is 0 Å². The Bertz CT molecular complexity index is 3210. The van der Waals surface area contributed by atoms with Crippen LogP contribution in [0.3, 0.4) is 0 Å². The molecule has 0 spiro atoms. The van der Waals surface area contributed by atoms with Crippen molar-refractivity contribution < 1.29 is 4.42 Å². The highest BCUT2D eigenvalue weighted by molar-refractivity contribution is 6.25. The second kappa shape index (κ2) is 12.6. The zero-order valence-corrected chi connectivity index (χ0v) is 29.6. The van der Waals surface area contributed by atoms with Gasteiger partial charge in [-0.3, -0.25) is 0 Å². The third kappa shape index (κ3) is 5.26. The highest BCUT2D eigenvalue weighted by atomic mass is 16.3. The molecule has 2 heterocycles. The van der Waals surface area contributed by atoms with Crippen LogP contribution in [0.2, 0.25) is 0 Å². The van der Waals surface area contributed by atoms with Crippen LogP contribution in [0.4, 0.5) is 0 Å². The van der Waals surface area contributed by atoms with E-state index in [4.69, 9.17) is 19.4 Å².